The molecule has 0 bridgehead atoms. The molecule has 0 saturated heterocycles. The largest absolute Gasteiger partial charge is 0.392 e. The Morgan fingerprint density at radius 3 is 2.52 bits per heavy atom. The molecule has 0 atom stereocenters. The van der Waals surface area contributed by atoms with Crippen LogP contribution in [0.15, 0.2) is 54.7 Å². The molecule has 2 aromatic carbocycles. The molecule has 0 radical (unpaired) electrons. The third kappa shape index (κ3) is 3.31. The summed E-state index contributed by atoms with van der Waals surface area (Å²) in [6, 6.07) is 17.9. The Bertz CT molecular complexity index is 851. The van der Waals surface area contributed by atoms with Crippen LogP contribution >= 0.6 is 0 Å². The molecule has 0 amide bonds. The Labute approximate surface area is 135 Å². The first-order valence-electron chi connectivity index (χ1n) is 7.52. The average Bonchev–Trinajstić information content (AvgIpc) is 2.62. The zero-order valence-electron chi connectivity index (χ0n) is 12.7. The molecule has 2 N–H and O–H groups in total. The predicted molar refractivity (Wildman–Crippen MR) is 91.0 cm³/mol. The highest BCUT2D eigenvalue weighted by Gasteiger charge is 2.07. The highest BCUT2D eigenvalue weighted by Crippen LogP contribution is 2.25. The molecule has 0 spiro atoms. The van der Waals surface area contributed by atoms with Crippen LogP contribution in [0.2, 0.25) is 0 Å². The van der Waals surface area contributed by atoms with Gasteiger partial charge in [0.25, 0.3) is 0 Å². The Morgan fingerprint density at radius 2 is 1.78 bits per heavy atom. The summed E-state index contributed by atoms with van der Waals surface area (Å²) in [7, 11) is 0. The Morgan fingerprint density at radius 1 is 1.04 bits per heavy atom. The lowest BCUT2D eigenvalue weighted by atomic mass is 10.1. The van der Waals surface area contributed by atoms with Crippen molar-refractivity contribution in [3.63, 3.8) is 0 Å². The van der Waals surface area contributed by atoms with E-state index in [1.165, 1.54) is 5.56 Å². The number of fused-ring (bicyclic) bond motifs is 1. The summed E-state index contributed by atoms with van der Waals surface area (Å²) in [5.74, 6) is 0. The van der Waals surface area contributed by atoms with Crippen LogP contribution in [0.4, 0.5) is 5.69 Å². The maximum atomic E-state index is 9.30. The van der Waals surface area contributed by atoms with Gasteiger partial charge in [0.2, 0.25) is 0 Å². The first-order chi connectivity index (χ1) is 11.3. The summed E-state index contributed by atoms with van der Waals surface area (Å²) >= 11 is 0. The second-order valence-electron chi connectivity index (χ2n) is 5.33. The van der Waals surface area contributed by atoms with Crippen LogP contribution in [0.1, 0.15) is 16.7 Å². The molecule has 4 nitrogen and oxygen atoms in total. The molecule has 3 aromatic rings. The molecule has 1 heterocycles. The van der Waals surface area contributed by atoms with Crippen LogP contribution in [-0.2, 0) is 13.0 Å². The van der Waals surface area contributed by atoms with E-state index in [-0.39, 0.29) is 6.61 Å². The second-order valence-corrected chi connectivity index (χ2v) is 5.33. The number of nitriles is 1. The summed E-state index contributed by atoms with van der Waals surface area (Å²) in [5, 5.41) is 22.7. The first-order valence-corrected chi connectivity index (χ1v) is 7.52. The van der Waals surface area contributed by atoms with Gasteiger partial charge in [-0.1, -0.05) is 42.5 Å². The fourth-order valence-corrected chi connectivity index (χ4v) is 2.56. The molecule has 0 aliphatic rings. The van der Waals surface area contributed by atoms with E-state index in [1.807, 2.05) is 48.5 Å². The van der Waals surface area contributed by atoms with Gasteiger partial charge < -0.3 is 10.4 Å². The number of aromatic nitrogens is 1. The van der Waals surface area contributed by atoms with E-state index >= 15 is 0 Å². The third-order valence-electron chi connectivity index (χ3n) is 3.82. The summed E-state index contributed by atoms with van der Waals surface area (Å²) in [5.41, 5.74) is 4.37. The summed E-state index contributed by atoms with van der Waals surface area (Å²) in [6.45, 7) is 0.786. The number of anilines is 1. The minimum absolute atomic E-state index is 0.0626. The zero-order valence-corrected chi connectivity index (χ0v) is 12.7. The minimum Gasteiger partial charge on any atom is -0.392 e. The lowest BCUT2D eigenvalue weighted by molar-refractivity contribution is 0.282. The number of nitrogens with one attached hydrogen (secondary N) is 1. The molecular formula is C19H17N3O. The molecule has 0 fully saturated rings. The molecule has 0 saturated carbocycles. The number of aliphatic hydroxyl groups excluding tert-OH is 1. The highest BCUT2D eigenvalue weighted by atomic mass is 16.3. The Balaban J connectivity index is 1.77. The number of pyridine rings is 1. The van der Waals surface area contributed by atoms with E-state index in [0.717, 1.165) is 35.1 Å². The molecule has 0 aliphatic carbocycles. The third-order valence-corrected chi connectivity index (χ3v) is 3.82. The van der Waals surface area contributed by atoms with Crippen LogP contribution in [0.5, 0.6) is 0 Å². The monoisotopic (exact) mass is 303 g/mol. The van der Waals surface area contributed by atoms with Crippen molar-refractivity contribution in [1.29, 1.82) is 5.26 Å². The van der Waals surface area contributed by atoms with E-state index in [0.29, 0.717) is 5.56 Å². The van der Waals surface area contributed by atoms with Gasteiger partial charge in [-0.3, -0.25) is 4.98 Å². The van der Waals surface area contributed by atoms with Crippen LogP contribution in [-0.4, -0.2) is 16.6 Å². The topological polar surface area (TPSA) is 68.9 Å². The first kappa shape index (κ1) is 15.0. The highest BCUT2D eigenvalue weighted by molar-refractivity contribution is 5.93. The van der Waals surface area contributed by atoms with Crippen LogP contribution in [0.25, 0.3) is 10.9 Å². The van der Waals surface area contributed by atoms with Crippen LogP contribution in [0, 0.1) is 11.3 Å². The maximum Gasteiger partial charge on any atom is 0.103 e. The molecule has 4 heteroatoms. The quantitative estimate of drug-likeness (QED) is 0.759. The number of hydrogen-bond acceptors (Lipinski definition) is 4. The van der Waals surface area contributed by atoms with E-state index in [4.69, 9.17) is 5.11 Å². The molecular weight excluding hydrogens is 286 g/mol. The van der Waals surface area contributed by atoms with Gasteiger partial charge in [0.15, 0.2) is 0 Å². The minimum atomic E-state index is 0.0626. The number of nitrogens with zero attached hydrogens (tertiary/aromatic N) is 2. The maximum absolute atomic E-state index is 9.30. The van der Waals surface area contributed by atoms with Crippen molar-refractivity contribution in [2.75, 3.05) is 11.9 Å². The van der Waals surface area contributed by atoms with E-state index < -0.39 is 0 Å². The van der Waals surface area contributed by atoms with Crippen LogP contribution in [0.3, 0.4) is 0 Å². The summed E-state index contributed by atoms with van der Waals surface area (Å²) in [6.07, 6.45) is 2.45. The van der Waals surface area contributed by atoms with Gasteiger partial charge in [-0.2, -0.15) is 5.26 Å². The summed E-state index contributed by atoms with van der Waals surface area (Å²) < 4.78 is 0. The average molecular weight is 303 g/mol. The van der Waals surface area contributed by atoms with Crippen molar-refractivity contribution in [2.45, 2.75) is 13.0 Å². The standard InChI is InChI=1S/C19H17N3O/c20-11-16-12-22-18-4-2-1-3-17(18)19(16)21-10-9-14-5-7-15(13-23)8-6-14/h1-8,12,23H,9-10,13H2,(H,21,22). The van der Waals surface area contributed by atoms with Crippen molar-refractivity contribution in [2.24, 2.45) is 0 Å². The lowest BCUT2D eigenvalue weighted by Gasteiger charge is -2.11. The fraction of sp³-hybridized carbons (Fsp3) is 0.158. The van der Waals surface area contributed by atoms with Crippen molar-refractivity contribution in [3.05, 3.63) is 71.4 Å². The van der Waals surface area contributed by atoms with Crippen LogP contribution < -0.4 is 5.32 Å². The van der Waals surface area contributed by atoms with Crippen molar-refractivity contribution in [1.82, 2.24) is 4.98 Å². The molecule has 0 aliphatic heterocycles. The molecule has 3 rings (SSSR count). The van der Waals surface area contributed by atoms with Gasteiger partial charge in [-0.05, 0) is 23.6 Å². The Kier molecular flexibility index (Phi) is 4.51. The molecule has 0 unspecified atom stereocenters. The van der Waals surface area contributed by atoms with E-state index in [1.54, 1.807) is 6.20 Å². The van der Waals surface area contributed by atoms with Crippen molar-refractivity contribution < 1.29 is 5.11 Å². The number of para-hydroxylation sites is 1. The number of benzene rings is 2. The van der Waals surface area contributed by atoms with Gasteiger partial charge in [0.1, 0.15) is 6.07 Å². The van der Waals surface area contributed by atoms with Gasteiger partial charge in [0, 0.05) is 18.1 Å². The molecule has 1 aromatic heterocycles. The molecule has 23 heavy (non-hydrogen) atoms. The Hall–Kier alpha value is -2.90. The lowest BCUT2D eigenvalue weighted by Crippen LogP contribution is -2.07. The SMILES string of the molecule is N#Cc1cnc2ccccc2c1NCCc1ccc(CO)cc1. The van der Waals surface area contributed by atoms with E-state index in [2.05, 4.69) is 16.4 Å². The van der Waals surface area contributed by atoms with Gasteiger partial charge in [-0.15, -0.1) is 0 Å². The fourth-order valence-electron chi connectivity index (χ4n) is 2.56. The second kappa shape index (κ2) is 6.91. The smallest absolute Gasteiger partial charge is 0.103 e. The van der Waals surface area contributed by atoms with Gasteiger partial charge in [-0.25, -0.2) is 0 Å². The normalized spacial score (nSPS) is 10.4. The number of aliphatic hydroxyl groups is 1. The zero-order chi connectivity index (χ0) is 16.1. The van der Waals surface area contributed by atoms with Crippen molar-refractivity contribution in [3.8, 4) is 6.07 Å². The molecule has 114 valence electrons. The summed E-state index contributed by atoms with van der Waals surface area (Å²) in [4.78, 5) is 4.31. The van der Waals surface area contributed by atoms with Gasteiger partial charge >= 0.3 is 0 Å². The number of rotatable bonds is 5. The van der Waals surface area contributed by atoms with Gasteiger partial charge in [0.05, 0.1) is 23.4 Å². The van der Waals surface area contributed by atoms with E-state index in [9.17, 15) is 5.26 Å². The number of hydrogen-bond donors (Lipinski definition) is 2. The van der Waals surface area contributed by atoms with Crippen molar-refractivity contribution >= 4 is 16.6 Å². The predicted octanol–water partition coefficient (Wildman–Crippen LogP) is 3.25.